The number of benzene rings is 1. The number of halogens is 2. The van der Waals surface area contributed by atoms with E-state index in [2.05, 4.69) is 31.8 Å². The molecule has 2 heterocycles. The van der Waals surface area contributed by atoms with Crippen molar-refractivity contribution in [1.82, 2.24) is 9.55 Å². The molecular formula is C23H25ClFN3. The van der Waals surface area contributed by atoms with E-state index in [1.165, 1.54) is 6.07 Å². The number of hydrogen-bond donors (Lipinski definition) is 1. The predicted octanol–water partition coefficient (Wildman–Crippen LogP) is 6.42. The molecule has 0 saturated heterocycles. The van der Waals surface area contributed by atoms with Crippen LogP contribution in [-0.2, 0) is 6.54 Å². The van der Waals surface area contributed by atoms with Crippen LogP contribution >= 0.6 is 11.6 Å². The number of anilines is 1. The van der Waals surface area contributed by atoms with E-state index in [4.69, 9.17) is 17.3 Å². The molecule has 0 aliphatic heterocycles. The van der Waals surface area contributed by atoms with E-state index in [0.717, 1.165) is 28.7 Å². The van der Waals surface area contributed by atoms with E-state index >= 15 is 0 Å². The van der Waals surface area contributed by atoms with Crippen LogP contribution in [0.1, 0.15) is 38.3 Å². The third-order valence-corrected chi connectivity index (χ3v) is 4.81. The summed E-state index contributed by atoms with van der Waals surface area (Å²) in [6.45, 7) is 7.17. The highest BCUT2D eigenvalue weighted by molar-refractivity contribution is 6.30. The highest BCUT2D eigenvalue weighted by Gasteiger charge is 2.15. The molecule has 2 N–H and O–H groups in total. The van der Waals surface area contributed by atoms with Crippen LogP contribution in [0.5, 0.6) is 0 Å². The van der Waals surface area contributed by atoms with Crippen LogP contribution in [0.15, 0.2) is 55.0 Å². The van der Waals surface area contributed by atoms with Gasteiger partial charge in [-0.25, -0.2) is 4.39 Å². The summed E-state index contributed by atoms with van der Waals surface area (Å²) >= 11 is 5.86. The smallest absolute Gasteiger partial charge is 0.142 e. The lowest BCUT2D eigenvalue weighted by atomic mass is 9.91. The highest BCUT2D eigenvalue weighted by Crippen LogP contribution is 2.34. The molecule has 2 aromatic heterocycles. The third-order valence-electron chi connectivity index (χ3n) is 4.51. The van der Waals surface area contributed by atoms with Gasteiger partial charge in [-0.3, -0.25) is 4.98 Å². The Morgan fingerprint density at radius 2 is 1.89 bits per heavy atom. The van der Waals surface area contributed by atoms with Gasteiger partial charge in [0, 0.05) is 36.3 Å². The fourth-order valence-corrected chi connectivity index (χ4v) is 3.12. The minimum atomic E-state index is -0.441. The average molecular weight is 398 g/mol. The summed E-state index contributed by atoms with van der Waals surface area (Å²) in [5.41, 5.74) is 10.3. The summed E-state index contributed by atoms with van der Waals surface area (Å²) in [7, 11) is 0. The lowest BCUT2D eigenvalue weighted by molar-refractivity contribution is 0.421. The minimum absolute atomic E-state index is 0.109. The molecule has 3 aromatic rings. The molecule has 28 heavy (non-hydrogen) atoms. The van der Waals surface area contributed by atoms with E-state index < -0.39 is 5.82 Å². The van der Waals surface area contributed by atoms with Crippen LogP contribution in [0.25, 0.3) is 17.2 Å². The van der Waals surface area contributed by atoms with E-state index in [1.54, 1.807) is 18.5 Å². The van der Waals surface area contributed by atoms with Gasteiger partial charge in [0.2, 0.25) is 0 Å². The van der Waals surface area contributed by atoms with Crippen LogP contribution in [0, 0.1) is 11.2 Å². The molecule has 0 atom stereocenters. The van der Waals surface area contributed by atoms with Gasteiger partial charge in [0.15, 0.2) is 0 Å². The number of pyridine rings is 1. The SMILES string of the molecule is CC(C)(C)C/C=C\c1c(-c2ccc(Cl)c(F)c2)cn(Cc2ccncc2)c1N. The highest BCUT2D eigenvalue weighted by atomic mass is 35.5. The normalized spacial score (nSPS) is 12.0. The van der Waals surface area contributed by atoms with Crippen molar-refractivity contribution in [3.8, 4) is 11.1 Å². The maximum atomic E-state index is 14.1. The Morgan fingerprint density at radius 3 is 2.54 bits per heavy atom. The second kappa shape index (κ2) is 8.19. The first-order valence-corrected chi connectivity index (χ1v) is 9.62. The Morgan fingerprint density at radius 1 is 1.18 bits per heavy atom. The van der Waals surface area contributed by atoms with Crippen molar-refractivity contribution in [2.24, 2.45) is 5.41 Å². The molecule has 0 bridgehead atoms. The maximum absolute atomic E-state index is 14.1. The van der Waals surface area contributed by atoms with E-state index in [1.807, 2.05) is 35.0 Å². The third kappa shape index (κ3) is 4.82. The average Bonchev–Trinajstić information content (AvgIpc) is 2.93. The molecule has 3 rings (SSSR count). The number of nitrogen functional groups attached to an aromatic ring is 1. The first-order chi connectivity index (χ1) is 13.2. The molecule has 146 valence electrons. The summed E-state index contributed by atoms with van der Waals surface area (Å²) in [6.07, 6.45) is 10.6. The second-order valence-corrected chi connectivity index (χ2v) is 8.53. The second-order valence-electron chi connectivity index (χ2n) is 8.12. The van der Waals surface area contributed by atoms with Crippen molar-refractivity contribution >= 4 is 23.5 Å². The number of rotatable bonds is 5. The van der Waals surface area contributed by atoms with Gasteiger partial charge in [-0.1, -0.05) is 50.6 Å². The van der Waals surface area contributed by atoms with Crippen molar-refractivity contribution < 1.29 is 4.39 Å². The topological polar surface area (TPSA) is 43.8 Å². The summed E-state index contributed by atoms with van der Waals surface area (Å²) in [5.74, 6) is 0.205. The van der Waals surface area contributed by atoms with Crippen LogP contribution in [0.4, 0.5) is 10.2 Å². The van der Waals surface area contributed by atoms with Crippen molar-refractivity contribution in [3.05, 3.63) is 77.0 Å². The summed E-state index contributed by atoms with van der Waals surface area (Å²) in [5, 5.41) is 0.109. The van der Waals surface area contributed by atoms with E-state index in [9.17, 15) is 4.39 Å². The molecule has 5 heteroatoms. The van der Waals surface area contributed by atoms with Crippen LogP contribution in [0.2, 0.25) is 5.02 Å². The molecule has 1 aromatic carbocycles. The quantitative estimate of drug-likeness (QED) is 0.539. The monoisotopic (exact) mass is 397 g/mol. The molecular weight excluding hydrogens is 373 g/mol. The zero-order valence-corrected chi connectivity index (χ0v) is 17.2. The molecule has 0 radical (unpaired) electrons. The van der Waals surface area contributed by atoms with Crippen LogP contribution in [0.3, 0.4) is 0 Å². The van der Waals surface area contributed by atoms with E-state index in [0.29, 0.717) is 12.4 Å². The summed E-state index contributed by atoms with van der Waals surface area (Å²) in [6, 6.07) is 8.75. The van der Waals surface area contributed by atoms with Crippen molar-refractivity contribution in [2.45, 2.75) is 33.7 Å². The molecule has 3 nitrogen and oxygen atoms in total. The number of nitrogens with two attached hydrogens (primary N) is 1. The molecule has 0 amide bonds. The van der Waals surface area contributed by atoms with Gasteiger partial charge < -0.3 is 10.3 Å². The first kappa shape index (κ1) is 20.2. The zero-order valence-electron chi connectivity index (χ0n) is 16.4. The van der Waals surface area contributed by atoms with Gasteiger partial charge in [0.25, 0.3) is 0 Å². The lowest BCUT2D eigenvalue weighted by Crippen LogP contribution is -2.04. The Balaban J connectivity index is 2.04. The minimum Gasteiger partial charge on any atom is -0.385 e. The Kier molecular flexibility index (Phi) is 5.90. The molecule has 0 aliphatic rings. The summed E-state index contributed by atoms with van der Waals surface area (Å²) in [4.78, 5) is 4.06. The molecule has 0 aliphatic carbocycles. The Labute approximate surface area is 170 Å². The largest absolute Gasteiger partial charge is 0.385 e. The number of nitrogens with zero attached hydrogens (tertiary/aromatic N) is 2. The fraction of sp³-hybridized carbons (Fsp3) is 0.261. The Hall–Kier alpha value is -2.59. The van der Waals surface area contributed by atoms with Gasteiger partial charge in [-0.15, -0.1) is 0 Å². The summed E-state index contributed by atoms with van der Waals surface area (Å²) < 4.78 is 16.0. The van der Waals surface area contributed by atoms with Gasteiger partial charge >= 0.3 is 0 Å². The van der Waals surface area contributed by atoms with Gasteiger partial charge in [0.1, 0.15) is 11.6 Å². The van der Waals surface area contributed by atoms with Crippen molar-refractivity contribution in [1.29, 1.82) is 0 Å². The molecule has 0 saturated carbocycles. The van der Waals surface area contributed by atoms with Gasteiger partial charge in [-0.2, -0.15) is 0 Å². The fourth-order valence-electron chi connectivity index (χ4n) is 3.00. The molecule has 0 fully saturated rings. The number of aromatic nitrogens is 2. The van der Waals surface area contributed by atoms with Crippen molar-refractivity contribution in [3.63, 3.8) is 0 Å². The zero-order chi connectivity index (χ0) is 20.3. The van der Waals surface area contributed by atoms with E-state index in [-0.39, 0.29) is 10.4 Å². The van der Waals surface area contributed by atoms with Gasteiger partial charge in [0.05, 0.1) is 5.02 Å². The first-order valence-electron chi connectivity index (χ1n) is 9.24. The molecule has 0 spiro atoms. The number of hydrogen-bond acceptors (Lipinski definition) is 2. The van der Waals surface area contributed by atoms with Gasteiger partial charge in [-0.05, 0) is 47.2 Å². The molecule has 0 unspecified atom stereocenters. The maximum Gasteiger partial charge on any atom is 0.142 e. The standard InChI is InChI=1S/C23H25ClFN3/c1-23(2,3)10-4-5-18-19(17-6-7-20(24)21(25)13-17)15-28(22(18)26)14-16-8-11-27-12-9-16/h4-9,11-13,15H,10,14,26H2,1-3H3/b5-4-. The number of allylic oxidation sites excluding steroid dienone is 1. The predicted molar refractivity (Wildman–Crippen MR) is 116 cm³/mol. The van der Waals surface area contributed by atoms with Crippen LogP contribution < -0.4 is 5.73 Å². The lowest BCUT2D eigenvalue weighted by Gasteiger charge is -2.14. The van der Waals surface area contributed by atoms with Crippen molar-refractivity contribution in [2.75, 3.05) is 5.73 Å². The Bertz CT molecular complexity index is 985. The van der Waals surface area contributed by atoms with Crippen LogP contribution in [-0.4, -0.2) is 9.55 Å².